The van der Waals surface area contributed by atoms with Crippen LogP contribution in [-0.4, -0.2) is 42.3 Å². The molecule has 0 saturated carbocycles. The van der Waals surface area contributed by atoms with Gasteiger partial charge in [0.05, 0.1) is 0 Å². The summed E-state index contributed by atoms with van der Waals surface area (Å²) in [5.41, 5.74) is 5.26. The fourth-order valence-electron chi connectivity index (χ4n) is 1.60. The van der Waals surface area contributed by atoms with Gasteiger partial charge in [-0.1, -0.05) is 13.8 Å². The highest BCUT2D eigenvalue weighted by molar-refractivity contribution is 7.98. The molecule has 6 nitrogen and oxygen atoms in total. The van der Waals surface area contributed by atoms with Crippen LogP contribution < -0.4 is 16.4 Å². The van der Waals surface area contributed by atoms with Gasteiger partial charge in [0.25, 0.3) is 0 Å². The minimum Gasteiger partial charge on any atom is -0.368 e. The molecule has 0 fully saturated rings. The van der Waals surface area contributed by atoms with Crippen molar-refractivity contribution in [2.24, 2.45) is 11.7 Å². The molecule has 0 rings (SSSR count). The Morgan fingerprint density at radius 2 is 1.95 bits per heavy atom. The molecule has 7 heteroatoms. The molecule has 0 aromatic heterocycles. The zero-order valence-corrected chi connectivity index (χ0v) is 12.5. The van der Waals surface area contributed by atoms with Crippen LogP contribution in [0.2, 0.25) is 0 Å². The Hall–Kier alpha value is -1.24. The number of primary amides is 1. The molecule has 0 bridgehead atoms. The number of nitrogens with one attached hydrogen (secondary N) is 2. The summed E-state index contributed by atoms with van der Waals surface area (Å²) in [5, 5.41) is 5.05. The van der Waals surface area contributed by atoms with Crippen molar-refractivity contribution in [1.82, 2.24) is 10.6 Å². The first kappa shape index (κ1) is 17.8. The van der Waals surface area contributed by atoms with E-state index in [-0.39, 0.29) is 11.8 Å². The van der Waals surface area contributed by atoms with Crippen molar-refractivity contribution in [3.63, 3.8) is 0 Å². The van der Waals surface area contributed by atoms with Gasteiger partial charge in [0, 0.05) is 0 Å². The Bertz CT molecular complexity index is 311. The zero-order valence-electron chi connectivity index (χ0n) is 11.6. The van der Waals surface area contributed by atoms with Crippen LogP contribution in [0.1, 0.15) is 26.7 Å². The van der Waals surface area contributed by atoms with E-state index in [0.29, 0.717) is 19.3 Å². The number of rotatable bonds is 10. The van der Waals surface area contributed by atoms with Crippen LogP contribution in [0.4, 0.5) is 0 Å². The Labute approximate surface area is 118 Å². The van der Waals surface area contributed by atoms with Gasteiger partial charge in [-0.3, -0.25) is 14.4 Å². The molecule has 4 N–H and O–H groups in total. The predicted octanol–water partition coefficient (Wildman–Crippen LogP) is -0.130. The van der Waals surface area contributed by atoms with E-state index < -0.39 is 18.0 Å². The maximum atomic E-state index is 12.0. The Balaban J connectivity index is 4.55. The highest BCUT2D eigenvalue weighted by atomic mass is 32.2. The van der Waals surface area contributed by atoms with Crippen LogP contribution in [0.5, 0.6) is 0 Å². The summed E-state index contributed by atoms with van der Waals surface area (Å²) in [5.74, 6) is 0.0495. The Morgan fingerprint density at radius 1 is 1.32 bits per heavy atom. The minimum atomic E-state index is -0.697. The number of amides is 3. The second-order valence-electron chi connectivity index (χ2n) is 4.71. The summed E-state index contributed by atoms with van der Waals surface area (Å²) >= 11 is 1.58. The van der Waals surface area contributed by atoms with E-state index >= 15 is 0 Å². The van der Waals surface area contributed by atoms with Gasteiger partial charge in [-0.05, 0) is 30.8 Å². The van der Waals surface area contributed by atoms with Crippen LogP contribution in [-0.2, 0) is 14.4 Å². The molecule has 2 unspecified atom stereocenters. The van der Waals surface area contributed by atoms with E-state index in [0.717, 1.165) is 5.75 Å². The van der Waals surface area contributed by atoms with Gasteiger partial charge in [-0.25, -0.2) is 0 Å². The molecule has 0 heterocycles. The smallest absolute Gasteiger partial charge is 0.243 e. The summed E-state index contributed by atoms with van der Waals surface area (Å²) in [6.45, 7) is 3.88. The van der Waals surface area contributed by atoms with Crippen molar-refractivity contribution in [2.75, 3.05) is 12.0 Å². The van der Waals surface area contributed by atoms with Crippen LogP contribution in [0.3, 0.4) is 0 Å². The lowest BCUT2D eigenvalue weighted by molar-refractivity contribution is -0.129. The molecule has 0 radical (unpaired) electrons. The monoisotopic (exact) mass is 289 g/mol. The largest absolute Gasteiger partial charge is 0.368 e. The van der Waals surface area contributed by atoms with Gasteiger partial charge < -0.3 is 16.4 Å². The number of hydrogen-bond acceptors (Lipinski definition) is 4. The second-order valence-corrected chi connectivity index (χ2v) is 5.70. The van der Waals surface area contributed by atoms with E-state index in [9.17, 15) is 14.4 Å². The highest BCUT2D eigenvalue weighted by Gasteiger charge is 2.24. The summed E-state index contributed by atoms with van der Waals surface area (Å²) in [7, 11) is 0. The molecule has 0 aliphatic carbocycles. The molecule has 0 aromatic carbocycles. The van der Waals surface area contributed by atoms with Crippen molar-refractivity contribution in [2.45, 2.75) is 38.8 Å². The lowest BCUT2D eigenvalue weighted by Crippen LogP contribution is -2.52. The Kier molecular flexibility index (Phi) is 9.03. The first-order valence-electron chi connectivity index (χ1n) is 6.20. The lowest BCUT2D eigenvalue weighted by atomic mass is 10.0. The second kappa shape index (κ2) is 9.66. The van der Waals surface area contributed by atoms with Gasteiger partial charge in [0.15, 0.2) is 0 Å². The van der Waals surface area contributed by atoms with Crippen LogP contribution in [0.25, 0.3) is 0 Å². The minimum absolute atomic E-state index is 0.237. The van der Waals surface area contributed by atoms with E-state index in [1.54, 1.807) is 11.8 Å². The summed E-state index contributed by atoms with van der Waals surface area (Å²) in [4.78, 5) is 33.8. The maximum absolute atomic E-state index is 12.0. The molecule has 0 aromatic rings. The highest BCUT2D eigenvalue weighted by Crippen LogP contribution is 2.06. The van der Waals surface area contributed by atoms with E-state index in [1.807, 2.05) is 20.1 Å². The molecular weight excluding hydrogens is 266 g/mol. The number of nitrogens with two attached hydrogens (primary N) is 1. The number of carbonyl (C=O) groups is 3. The summed E-state index contributed by atoms with van der Waals surface area (Å²) < 4.78 is 0. The molecule has 0 spiro atoms. The van der Waals surface area contributed by atoms with Crippen molar-refractivity contribution in [3.8, 4) is 0 Å². The van der Waals surface area contributed by atoms with Crippen molar-refractivity contribution in [1.29, 1.82) is 0 Å². The number of thioether (sulfide) groups is 1. The maximum Gasteiger partial charge on any atom is 0.243 e. The SMILES string of the molecule is CSCCC(NC=O)C(=O)NC(CC(C)C)C(N)=O. The number of carbonyl (C=O) groups excluding carboxylic acids is 3. The fraction of sp³-hybridized carbons (Fsp3) is 0.750. The van der Waals surface area contributed by atoms with Gasteiger partial charge in [-0.15, -0.1) is 0 Å². The van der Waals surface area contributed by atoms with Gasteiger partial charge >= 0.3 is 0 Å². The summed E-state index contributed by atoms with van der Waals surface area (Å²) in [6, 6.07) is -1.32. The standard InChI is InChI=1S/C12H23N3O3S/c1-8(2)6-10(11(13)17)15-12(18)9(14-7-16)4-5-19-3/h7-10H,4-6H2,1-3H3,(H2,13,17)(H,14,16)(H,15,18). The van der Waals surface area contributed by atoms with Gasteiger partial charge in [-0.2, -0.15) is 11.8 Å². The van der Waals surface area contributed by atoms with Crippen molar-refractivity contribution < 1.29 is 14.4 Å². The van der Waals surface area contributed by atoms with E-state index in [4.69, 9.17) is 5.73 Å². The molecule has 0 aliphatic heterocycles. The average molecular weight is 289 g/mol. The molecular formula is C12H23N3O3S. The quantitative estimate of drug-likeness (QED) is 0.488. The van der Waals surface area contributed by atoms with Crippen LogP contribution >= 0.6 is 11.8 Å². The summed E-state index contributed by atoms with van der Waals surface area (Å²) in [6.07, 6.45) is 3.41. The zero-order chi connectivity index (χ0) is 14.8. The third-order valence-electron chi connectivity index (χ3n) is 2.56. The molecule has 19 heavy (non-hydrogen) atoms. The molecule has 2 atom stereocenters. The van der Waals surface area contributed by atoms with Gasteiger partial charge in [0.1, 0.15) is 12.1 Å². The molecule has 3 amide bonds. The van der Waals surface area contributed by atoms with Crippen LogP contribution in [0, 0.1) is 5.92 Å². The number of hydrogen-bond donors (Lipinski definition) is 3. The molecule has 110 valence electrons. The van der Waals surface area contributed by atoms with Crippen molar-refractivity contribution >= 4 is 30.0 Å². The first-order chi connectivity index (χ1) is 8.92. The first-order valence-corrected chi connectivity index (χ1v) is 7.60. The Morgan fingerprint density at radius 3 is 2.37 bits per heavy atom. The third kappa shape index (κ3) is 7.71. The average Bonchev–Trinajstić information content (AvgIpc) is 2.32. The normalized spacial score (nSPS) is 13.7. The molecule has 0 saturated heterocycles. The van der Waals surface area contributed by atoms with Crippen molar-refractivity contribution in [3.05, 3.63) is 0 Å². The molecule has 0 aliphatic rings. The van der Waals surface area contributed by atoms with E-state index in [1.165, 1.54) is 0 Å². The van der Waals surface area contributed by atoms with E-state index in [2.05, 4.69) is 10.6 Å². The van der Waals surface area contributed by atoms with Crippen LogP contribution in [0.15, 0.2) is 0 Å². The fourth-order valence-corrected chi connectivity index (χ4v) is 2.07. The third-order valence-corrected chi connectivity index (χ3v) is 3.21. The predicted molar refractivity (Wildman–Crippen MR) is 76.6 cm³/mol. The van der Waals surface area contributed by atoms with Gasteiger partial charge in [0.2, 0.25) is 18.2 Å². The topological polar surface area (TPSA) is 101 Å². The lowest BCUT2D eigenvalue weighted by Gasteiger charge is -2.21.